The third kappa shape index (κ3) is 2.82. The third-order valence-electron chi connectivity index (χ3n) is 3.19. The van der Waals surface area contributed by atoms with Gasteiger partial charge >= 0.3 is 0 Å². The Morgan fingerprint density at radius 3 is 2.19 bits per heavy atom. The summed E-state index contributed by atoms with van der Waals surface area (Å²) in [5, 5.41) is 6.48. The Kier molecular flexibility index (Phi) is 3.98. The van der Waals surface area contributed by atoms with E-state index in [2.05, 4.69) is 27.3 Å². The lowest BCUT2D eigenvalue weighted by Gasteiger charge is -2.14. The average Bonchev–Trinajstić information content (AvgIpc) is 2.45. The van der Waals surface area contributed by atoms with Crippen molar-refractivity contribution in [2.75, 3.05) is 11.1 Å². The first kappa shape index (κ1) is 14.5. The van der Waals surface area contributed by atoms with E-state index in [0.717, 1.165) is 20.9 Å². The lowest BCUT2D eigenvalue weighted by molar-refractivity contribution is 1.56. The van der Waals surface area contributed by atoms with Crippen LogP contribution in [0.5, 0.6) is 0 Å². The van der Waals surface area contributed by atoms with Crippen LogP contribution in [-0.4, -0.2) is 0 Å². The van der Waals surface area contributed by atoms with Gasteiger partial charge < -0.3 is 11.1 Å². The Hall–Kier alpha value is -1.42. The number of nitrogen functional groups attached to an aromatic ring is 1. The first-order chi connectivity index (χ1) is 10.1. The maximum Gasteiger partial charge on any atom is 0.0764 e. The quantitative estimate of drug-likeness (QED) is 0.516. The number of nitrogens with two attached hydrogens (primary N) is 1. The summed E-state index contributed by atoms with van der Waals surface area (Å²) in [6.45, 7) is 0. The van der Waals surface area contributed by atoms with Gasteiger partial charge in [0.25, 0.3) is 0 Å². The molecule has 0 amide bonds. The van der Waals surface area contributed by atoms with Crippen molar-refractivity contribution in [2.24, 2.45) is 0 Å². The van der Waals surface area contributed by atoms with Gasteiger partial charge in [-0.3, -0.25) is 0 Å². The summed E-state index contributed by atoms with van der Waals surface area (Å²) in [4.78, 5) is 0. The fourth-order valence-electron chi connectivity index (χ4n) is 2.22. The number of halogens is 3. The molecule has 0 aliphatic carbocycles. The van der Waals surface area contributed by atoms with Crippen molar-refractivity contribution in [1.29, 1.82) is 0 Å². The van der Waals surface area contributed by atoms with Gasteiger partial charge in [0.05, 0.1) is 15.7 Å². The van der Waals surface area contributed by atoms with Crippen molar-refractivity contribution in [1.82, 2.24) is 0 Å². The topological polar surface area (TPSA) is 38.0 Å². The number of hydrogen-bond donors (Lipinski definition) is 2. The van der Waals surface area contributed by atoms with Crippen molar-refractivity contribution in [3.63, 3.8) is 0 Å². The molecule has 0 atom stereocenters. The van der Waals surface area contributed by atoms with E-state index in [9.17, 15) is 0 Å². The Balaban J connectivity index is 2.13. The molecule has 3 N–H and O–H groups in total. The van der Waals surface area contributed by atoms with Gasteiger partial charge in [-0.2, -0.15) is 0 Å². The highest BCUT2D eigenvalue weighted by Crippen LogP contribution is 2.38. The molecule has 0 spiro atoms. The lowest BCUT2D eigenvalue weighted by Crippen LogP contribution is -1.95. The van der Waals surface area contributed by atoms with Crippen LogP contribution in [0.1, 0.15) is 0 Å². The smallest absolute Gasteiger partial charge is 0.0764 e. The second-order valence-corrected chi connectivity index (χ2v) is 6.29. The second kappa shape index (κ2) is 5.76. The number of hydrogen-bond acceptors (Lipinski definition) is 2. The average molecular weight is 382 g/mol. The van der Waals surface area contributed by atoms with Crippen molar-refractivity contribution in [2.45, 2.75) is 0 Å². The zero-order chi connectivity index (χ0) is 15.0. The number of rotatable bonds is 2. The molecule has 0 saturated carbocycles. The van der Waals surface area contributed by atoms with Crippen molar-refractivity contribution < 1.29 is 0 Å². The molecule has 21 heavy (non-hydrogen) atoms. The summed E-state index contributed by atoms with van der Waals surface area (Å²) >= 11 is 16.0. The van der Waals surface area contributed by atoms with E-state index in [-0.39, 0.29) is 0 Å². The molecular weight excluding hydrogens is 371 g/mol. The fraction of sp³-hybridized carbons (Fsp3) is 0. The lowest BCUT2D eigenvalue weighted by atomic mass is 10.1. The molecule has 3 aromatic carbocycles. The number of anilines is 3. The molecule has 0 heterocycles. The van der Waals surface area contributed by atoms with Crippen LogP contribution in [0.3, 0.4) is 0 Å². The molecule has 3 aromatic rings. The summed E-state index contributed by atoms with van der Waals surface area (Å²) in [5.41, 5.74) is 7.85. The van der Waals surface area contributed by atoms with Gasteiger partial charge in [0, 0.05) is 21.2 Å². The minimum absolute atomic E-state index is 0.493. The third-order valence-corrected chi connectivity index (χ3v) is 4.48. The Morgan fingerprint density at radius 1 is 0.905 bits per heavy atom. The zero-order valence-electron chi connectivity index (χ0n) is 10.8. The predicted octanol–water partition coefficient (Wildman–Crippen LogP) is 6.23. The van der Waals surface area contributed by atoms with E-state index in [4.69, 9.17) is 28.9 Å². The van der Waals surface area contributed by atoms with Gasteiger partial charge in [0.15, 0.2) is 0 Å². The van der Waals surface area contributed by atoms with Gasteiger partial charge in [-0.05, 0) is 29.7 Å². The molecule has 0 saturated heterocycles. The van der Waals surface area contributed by atoms with Gasteiger partial charge in [-0.25, -0.2) is 0 Å². The number of nitrogens with one attached hydrogen (secondary N) is 1. The van der Waals surface area contributed by atoms with Crippen LogP contribution in [0.25, 0.3) is 10.8 Å². The second-order valence-electron chi connectivity index (χ2n) is 4.63. The van der Waals surface area contributed by atoms with Crippen molar-refractivity contribution >= 4 is 67.0 Å². The fourth-order valence-corrected chi connectivity index (χ4v) is 3.29. The number of benzene rings is 3. The van der Waals surface area contributed by atoms with E-state index in [1.165, 1.54) is 0 Å². The largest absolute Gasteiger partial charge is 0.399 e. The molecule has 0 aliphatic heterocycles. The Bertz CT molecular complexity index is 811. The van der Waals surface area contributed by atoms with E-state index >= 15 is 0 Å². The monoisotopic (exact) mass is 380 g/mol. The van der Waals surface area contributed by atoms with E-state index in [1.807, 2.05) is 30.3 Å². The summed E-state index contributed by atoms with van der Waals surface area (Å²) < 4.78 is 1.04. The van der Waals surface area contributed by atoms with Gasteiger partial charge in [-0.1, -0.05) is 63.4 Å². The maximum atomic E-state index is 6.23. The van der Waals surface area contributed by atoms with Crippen LogP contribution in [-0.2, 0) is 0 Å². The highest BCUT2D eigenvalue weighted by atomic mass is 79.9. The molecule has 0 bridgehead atoms. The molecule has 0 unspecified atom stereocenters. The zero-order valence-corrected chi connectivity index (χ0v) is 13.9. The van der Waals surface area contributed by atoms with Crippen LogP contribution in [0.2, 0.25) is 10.0 Å². The normalized spacial score (nSPS) is 10.8. The van der Waals surface area contributed by atoms with Crippen LogP contribution >= 0.6 is 39.1 Å². The summed E-state index contributed by atoms with van der Waals surface area (Å²) in [7, 11) is 0. The van der Waals surface area contributed by atoms with Crippen LogP contribution in [0, 0.1) is 0 Å². The standard InChI is InChI=1S/C16H11BrCl2N2/c17-12-5-6-15(11-4-2-1-3-10(11)12)21-16-13(18)7-9(20)8-14(16)19/h1-8,21H,20H2. The van der Waals surface area contributed by atoms with Crippen molar-refractivity contribution in [3.8, 4) is 0 Å². The molecule has 0 radical (unpaired) electrons. The minimum Gasteiger partial charge on any atom is -0.399 e. The van der Waals surface area contributed by atoms with Crippen LogP contribution in [0.4, 0.5) is 17.1 Å². The molecule has 5 heteroatoms. The number of fused-ring (bicyclic) bond motifs is 1. The molecule has 106 valence electrons. The highest BCUT2D eigenvalue weighted by Gasteiger charge is 2.10. The van der Waals surface area contributed by atoms with Crippen LogP contribution in [0.15, 0.2) is 53.0 Å². The molecule has 3 rings (SSSR count). The van der Waals surface area contributed by atoms with Gasteiger partial charge in [0.1, 0.15) is 0 Å². The Labute approximate surface area is 141 Å². The Morgan fingerprint density at radius 2 is 1.52 bits per heavy atom. The van der Waals surface area contributed by atoms with E-state index in [0.29, 0.717) is 21.4 Å². The molecule has 2 nitrogen and oxygen atoms in total. The van der Waals surface area contributed by atoms with Gasteiger partial charge in [0.2, 0.25) is 0 Å². The summed E-state index contributed by atoms with van der Waals surface area (Å²) in [6, 6.07) is 15.4. The maximum absolute atomic E-state index is 6.23. The van der Waals surface area contributed by atoms with E-state index in [1.54, 1.807) is 12.1 Å². The first-order valence-corrected chi connectivity index (χ1v) is 7.80. The summed E-state index contributed by atoms with van der Waals surface area (Å²) in [5.74, 6) is 0. The van der Waals surface area contributed by atoms with Crippen LogP contribution < -0.4 is 11.1 Å². The molecule has 0 fully saturated rings. The summed E-state index contributed by atoms with van der Waals surface area (Å²) in [6.07, 6.45) is 0. The SMILES string of the molecule is Nc1cc(Cl)c(Nc2ccc(Br)c3ccccc23)c(Cl)c1. The predicted molar refractivity (Wildman–Crippen MR) is 95.8 cm³/mol. The molecular formula is C16H11BrCl2N2. The van der Waals surface area contributed by atoms with E-state index < -0.39 is 0 Å². The minimum atomic E-state index is 0.493. The van der Waals surface area contributed by atoms with Crippen molar-refractivity contribution in [3.05, 3.63) is 63.0 Å². The van der Waals surface area contributed by atoms with Gasteiger partial charge in [-0.15, -0.1) is 0 Å². The molecule has 0 aromatic heterocycles. The first-order valence-electron chi connectivity index (χ1n) is 6.25. The molecule has 0 aliphatic rings. The highest BCUT2D eigenvalue weighted by molar-refractivity contribution is 9.10.